The van der Waals surface area contributed by atoms with E-state index in [1.54, 1.807) is 43.5 Å². The SMILES string of the molecule is CCC(C(N)=O)N1C=CC(c2cccc(N=[N+]=[N-])c2)=CCC1=O. The number of hydrogen-bond donors (Lipinski definition) is 1. The molecule has 1 aromatic carbocycles. The van der Waals surface area contributed by atoms with Crippen LogP contribution in [0.3, 0.4) is 0 Å². The zero-order valence-electron chi connectivity index (χ0n) is 12.7. The molecule has 0 saturated heterocycles. The Morgan fingerprint density at radius 2 is 2.30 bits per heavy atom. The van der Waals surface area contributed by atoms with Crippen molar-refractivity contribution in [3.8, 4) is 0 Å². The van der Waals surface area contributed by atoms with E-state index in [2.05, 4.69) is 10.0 Å². The molecule has 1 unspecified atom stereocenters. The average molecular weight is 311 g/mol. The van der Waals surface area contributed by atoms with Crippen molar-refractivity contribution >= 4 is 23.1 Å². The minimum atomic E-state index is -0.652. The molecule has 0 aromatic heterocycles. The maximum Gasteiger partial charge on any atom is 0.240 e. The molecule has 118 valence electrons. The lowest BCUT2D eigenvalue weighted by atomic mass is 10.0. The van der Waals surface area contributed by atoms with E-state index in [1.165, 1.54) is 4.90 Å². The van der Waals surface area contributed by atoms with Crippen LogP contribution < -0.4 is 5.73 Å². The molecule has 1 heterocycles. The molecule has 2 rings (SSSR count). The lowest BCUT2D eigenvalue weighted by Crippen LogP contribution is -2.44. The summed E-state index contributed by atoms with van der Waals surface area (Å²) >= 11 is 0. The highest BCUT2D eigenvalue weighted by molar-refractivity contribution is 5.91. The molecule has 0 fully saturated rings. The van der Waals surface area contributed by atoms with E-state index >= 15 is 0 Å². The molecule has 7 heteroatoms. The molecule has 0 radical (unpaired) electrons. The van der Waals surface area contributed by atoms with E-state index in [0.717, 1.165) is 11.1 Å². The van der Waals surface area contributed by atoms with Crippen LogP contribution in [0.2, 0.25) is 0 Å². The number of azide groups is 1. The number of primary amides is 1. The van der Waals surface area contributed by atoms with E-state index in [0.29, 0.717) is 12.1 Å². The topological polar surface area (TPSA) is 112 Å². The quantitative estimate of drug-likeness (QED) is 0.512. The second kappa shape index (κ2) is 7.29. The highest BCUT2D eigenvalue weighted by Crippen LogP contribution is 2.25. The summed E-state index contributed by atoms with van der Waals surface area (Å²) in [5.74, 6) is -0.715. The van der Waals surface area contributed by atoms with Gasteiger partial charge in [0.2, 0.25) is 11.8 Å². The Labute approximate surface area is 133 Å². The minimum Gasteiger partial charge on any atom is -0.368 e. The van der Waals surface area contributed by atoms with Gasteiger partial charge in [-0.1, -0.05) is 36.3 Å². The first-order chi connectivity index (χ1) is 11.1. The van der Waals surface area contributed by atoms with Gasteiger partial charge in [0.25, 0.3) is 0 Å². The molecule has 1 aliphatic heterocycles. The van der Waals surface area contributed by atoms with Crippen LogP contribution in [0.15, 0.2) is 47.7 Å². The number of benzene rings is 1. The van der Waals surface area contributed by atoms with Crippen molar-refractivity contribution in [3.05, 3.63) is 58.6 Å². The summed E-state index contributed by atoms with van der Waals surface area (Å²) in [5, 5.41) is 3.57. The normalized spacial score (nSPS) is 15.4. The van der Waals surface area contributed by atoms with Crippen LogP contribution in [0.4, 0.5) is 5.69 Å². The second-order valence-electron chi connectivity index (χ2n) is 5.05. The average Bonchev–Trinajstić information content (AvgIpc) is 2.71. The number of nitrogens with zero attached hydrogens (tertiary/aromatic N) is 4. The predicted molar refractivity (Wildman–Crippen MR) is 87.1 cm³/mol. The van der Waals surface area contributed by atoms with Crippen LogP contribution in [0.5, 0.6) is 0 Å². The smallest absolute Gasteiger partial charge is 0.240 e. The molecule has 1 aromatic rings. The summed E-state index contributed by atoms with van der Waals surface area (Å²) in [6, 6.07) is 6.42. The highest BCUT2D eigenvalue weighted by Gasteiger charge is 2.25. The van der Waals surface area contributed by atoms with Crippen molar-refractivity contribution < 1.29 is 9.59 Å². The number of carbonyl (C=O) groups excluding carboxylic acids is 2. The first-order valence-electron chi connectivity index (χ1n) is 7.21. The fourth-order valence-electron chi connectivity index (χ4n) is 2.44. The second-order valence-corrected chi connectivity index (χ2v) is 5.05. The summed E-state index contributed by atoms with van der Waals surface area (Å²) in [6.45, 7) is 1.80. The lowest BCUT2D eigenvalue weighted by molar-refractivity contribution is -0.135. The Bertz CT molecular complexity index is 732. The van der Waals surface area contributed by atoms with Crippen LogP contribution in [-0.4, -0.2) is 22.8 Å². The highest BCUT2D eigenvalue weighted by atomic mass is 16.2. The van der Waals surface area contributed by atoms with Crippen molar-refractivity contribution in [2.45, 2.75) is 25.8 Å². The zero-order valence-corrected chi connectivity index (χ0v) is 12.7. The van der Waals surface area contributed by atoms with Gasteiger partial charge in [-0.25, -0.2) is 0 Å². The molecule has 0 bridgehead atoms. The van der Waals surface area contributed by atoms with E-state index in [-0.39, 0.29) is 12.3 Å². The Morgan fingerprint density at radius 3 is 2.96 bits per heavy atom. The molecule has 2 amide bonds. The van der Waals surface area contributed by atoms with Crippen LogP contribution in [-0.2, 0) is 9.59 Å². The molecule has 23 heavy (non-hydrogen) atoms. The van der Waals surface area contributed by atoms with Gasteiger partial charge in [-0.15, -0.1) is 0 Å². The van der Waals surface area contributed by atoms with Crippen molar-refractivity contribution in [2.24, 2.45) is 10.8 Å². The summed E-state index contributed by atoms with van der Waals surface area (Å²) in [4.78, 5) is 27.8. The van der Waals surface area contributed by atoms with Gasteiger partial charge < -0.3 is 10.6 Å². The number of rotatable bonds is 5. The van der Waals surface area contributed by atoms with Gasteiger partial charge in [0.1, 0.15) is 6.04 Å². The third kappa shape index (κ3) is 3.78. The zero-order chi connectivity index (χ0) is 16.8. The minimum absolute atomic E-state index is 0.165. The molecule has 1 aliphatic rings. The van der Waals surface area contributed by atoms with Crippen molar-refractivity contribution in [3.63, 3.8) is 0 Å². The third-order valence-electron chi connectivity index (χ3n) is 3.59. The van der Waals surface area contributed by atoms with Gasteiger partial charge in [0.15, 0.2) is 0 Å². The number of allylic oxidation sites excluding steroid dienone is 2. The van der Waals surface area contributed by atoms with Crippen LogP contribution in [0.1, 0.15) is 25.3 Å². The summed E-state index contributed by atoms with van der Waals surface area (Å²) in [6.07, 6.45) is 5.73. The van der Waals surface area contributed by atoms with Crippen molar-refractivity contribution in [1.29, 1.82) is 0 Å². The fraction of sp³-hybridized carbons (Fsp3) is 0.250. The molecule has 1 atom stereocenters. The van der Waals surface area contributed by atoms with E-state index in [1.807, 2.05) is 6.07 Å². The van der Waals surface area contributed by atoms with E-state index in [4.69, 9.17) is 11.3 Å². The Balaban J connectivity index is 2.32. The first kappa shape index (κ1) is 16.3. The number of carbonyl (C=O) groups is 2. The monoisotopic (exact) mass is 311 g/mol. The molecule has 7 nitrogen and oxygen atoms in total. The number of nitrogens with two attached hydrogens (primary N) is 1. The third-order valence-corrected chi connectivity index (χ3v) is 3.59. The van der Waals surface area contributed by atoms with E-state index in [9.17, 15) is 9.59 Å². The van der Waals surface area contributed by atoms with Crippen LogP contribution >= 0.6 is 0 Å². The van der Waals surface area contributed by atoms with Crippen LogP contribution in [0, 0.1) is 0 Å². The Morgan fingerprint density at radius 1 is 1.52 bits per heavy atom. The van der Waals surface area contributed by atoms with Gasteiger partial charge in [-0.3, -0.25) is 9.59 Å². The standard InChI is InChI=1S/C16H17N5O2/c1-2-14(16(17)23)21-9-8-11(6-7-15(21)22)12-4-3-5-13(10-12)19-20-18/h3-6,8-10,14H,2,7H2,1H3,(H2,17,23). The van der Waals surface area contributed by atoms with Crippen molar-refractivity contribution in [1.82, 2.24) is 4.90 Å². The molecule has 0 spiro atoms. The maximum absolute atomic E-state index is 12.2. The van der Waals surface area contributed by atoms with Gasteiger partial charge in [-0.05, 0) is 35.2 Å². The summed E-state index contributed by atoms with van der Waals surface area (Å²) in [5.41, 5.74) is 16.0. The van der Waals surface area contributed by atoms with Gasteiger partial charge in [-0.2, -0.15) is 0 Å². The van der Waals surface area contributed by atoms with E-state index < -0.39 is 11.9 Å². The van der Waals surface area contributed by atoms with Crippen LogP contribution in [0.25, 0.3) is 16.0 Å². The van der Waals surface area contributed by atoms with Crippen molar-refractivity contribution in [2.75, 3.05) is 0 Å². The van der Waals surface area contributed by atoms with Gasteiger partial charge in [0, 0.05) is 23.2 Å². The lowest BCUT2D eigenvalue weighted by Gasteiger charge is -2.24. The Kier molecular flexibility index (Phi) is 5.17. The molecular weight excluding hydrogens is 294 g/mol. The van der Waals surface area contributed by atoms with Gasteiger partial charge >= 0.3 is 0 Å². The van der Waals surface area contributed by atoms with Gasteiger partial charge in [0.05, 0.1) is 0 Å². The largest absolute Gasteiger partial charge is 0.368 e. The number of hydrogen-bond acceptors (Lipinski definition) is 3. The molecule has 2 N–H and O–H groups in total. The summed E-state index contributed by atoms with van der Waals surface area (Å²) < 4.78 is 0. The molecular formula is C16H17N5O2. The fourth-order valence-corrected chi connectivity index (χ4v) is 2.44. The first-order valence-corrected chi connectivity index (χ1v) is 7.21. The molecule has 0 aliphatic carbocycles. The summed E-state index contributed by atoms with van der Waals surface area (Å²) in [7, 11) is 0. The number of amides is 2. The predicted octanol–water partition coefficient (Wildman–Crippen LogP) is 3.02. The Hall–Kier alpha value is -3.05. The molecule has 0 saturated carbocycles. The maximum atomic E-state index is 12.2.